The Morgan fingerprint density at radius 1 is 1.58 bits per heavy atom. The van der Waals surface area contributed by atoms with Crippen molar-refractivity contribution in [3.05, 3.63) is 17.1 Å². The topological polar surface area (TPSA) is 12.9 Å². The van der Waals surface area contributed by atoms with Crippen LogP contribution in [0.15, 0.2) is 12.3 Å². The Bertz CT molecular complexity index is 241. The van der Waals surface area contributed by atoms with E-state index in [0.29, 0.717) is 5.41 Å². The van der Waals surface area contributed by atoms with Crippen molar-refractivity contribution in [2.24, 2.45) is 5.41 Å². The molecule has 0 unspecified atom stereocenters. The van der Waals surface area contributed by atoms with Crippen LogP contribution in [0, 0.1) is 5.41 Å². The van der Waals surface area contributed by atoms with Gasteiger partial charge in [0, 0.05) is 16.4 Å². The summed E-state index contributed by atoms with van der Waals surface area (Å²) >= 11 is 5.22. The number of hydrogen-bond acceptors (Lipinski definition) is 2. The highest BCUT2D eigenvalue weighted by molar-refractivity contribution is 9.09. The Morgan fingerprint density at radius 3 is 2.92 bits per heavy atom. The van der Waals surface area contributed by atoms with E-state index in [1.165, 1.54) is 35.9 Å². The normalized spacial score (nSPS) is 19.4. The molecule has 0 spiro atoms. The first-order chi connectivity index (χ1) is 5.85. The third-order valence-electron chi connectivity index (χ3n) is 2.63. The van der Waals surface area contributed by atoms with E-state index in [1.54, 1.807) is 11.5 Å². The molecule has 2 rings (SSSR count). The van der Waals surface area contributed by atoms with E-state index in [9.17, 15) is 0 Å². The predicted molar refractivity (Wildman–Crippen MR) is 55.9 cm³/mol. The highest BCUT2D eigenvalue weighted by atomic mass is 79.9. The molecule has 1 aliphatic rings. The molecule has 0 bridgehead atoms. The summed E-state index contributed by atoms with van der Waals surface area (Å²) in [6.07, 6.45) is 7.28. The lowest BCUT2D eigenvalue weighted by Crippen LogP contribution is -2.02. The van der Waals surface area contributed by atoms with Crippen LogP contribution in [0.5, 0.6) is 0 Å². The van der Waals surface area contributed by atoms with Crippen LogP contribution < -0.4 is 0 Å². The maximum Gasteiger partial charge on any atom is 0.0409 e. The maximum absolute atomic E-state index is 4.10. The van der Waals surface area contributed by atoms with Crippen LogP contribution in [0.2, 0.25) is 0 Å². The van der Waals surface area contributed by atoms with Gasteiger partial charge in [0.15, 0.2) is 0 Å². The summed E-state index contributed by atoms with van der Waals surface area (Å²) in [4.78, 5) is 1.43. The molecule has 0 atom stereocenters. The summed E-state index contributed by atoms with van der Waals surface area (Å²) in [5, 5.41) is 1.18. The molecule has 1 heterocycles. The molecule has 1 saturated carbocycles. The van der Waals surface area contributed by atoms with Gasteiger partial charge >= 0.3 is 0 Å². The molecule has 0 radical (unpaired) electrons. The zero-order valence-electron chi connectivity index (χ0n) is 6.92. The molecule has 66 valence electrons. The van der Waals surface area contributed by atoms with E-state index < -0.39 is 0 Å². The number of aromatic nitrogens is 1. The molecule has 0 aliphatic heterocycles. The van der Waals surface area contributed by atoms with Gasteiger partial charge in [0.05, 0.1) is 0 Å². The minimum atomic E-state index is 0.657. The summed E-state index contributed by atoms with van der Waals surface area (Å²) in [6, 6.07) is 2.13. The molecular weight excluding hydrogens is 234 g/mol. The van der Waals surface area contributed by atoms with Gasteiger partial charge in [-0.1, -0.05) is 15.9 Å². The molecule has 1 nitrogen and oxygen atoms in total. The fourth-order valence-corrected chi connectivity index (χ4v) is 2.80. The Kier molecular flexibility index (Phi) is 2.51. The molecule has 0 N–H and O–H groups in total. The van der Waals surface area contributed by atoms with Crippen molar-refractivity contribution < 1.29 is 0 Å². The largest absolute Gasteiger partial charge is 0.201 e. The molecule has 0 amide bonds. The molecule has 0 saturated heterocycles. The zero-order valence-corrected chi connectivity index (χ0v) is 9.33. The Morgan fingerprint density at radius 2 is 2.42 bits per heavy atom. The summed E-state index contributed by atoms with van der Waals surface area (Å²) in [7, 11) is 0. The standard InChI is InChI=1S/C9H12BrNS/c10-7-9(4-5-9)3-1-8-2-6-11-12-8/h2,6H,1,3-5,7H2. The highest BCUT2D eigenvalue weighted by Crippen LogP contribution is 2.50. The molecule has 0 aromatic carbocycles. The third-order valence-corrected chi connectivity index (χ3v) is 4.62. The van der Waals surface area contributed by atoms with Gasteiger partial charge in [-0.2, -0.15) is 0 Å². The summed E-state index contributed by atoms with van der Waals surface area (Å²) in [5.74, 6) is 0. The van der Waals surface area contributed by atoms with Crippen molar-refractivity contribution in [1.82, 2.24) is 4.37 Å². The van der Waals surface area contributed by atoms with Gasteiger partial charge in [-0.3, -0.25) is 0 Å². The predicted octanol–water partition coefficient (Wildman–Crippen LogP) is 3.25. The number of halogens is 1. The number of alkyl halides is 1. The van der Waals surface area contributed by atoms with Gasteiger partial charge in [-0.15, -0.1) is 0 Å². The minimum Gasteiger partial charge on any atom is -0.201 e. The van der Waals surface area contributed by atoms with E-state index >= 15 is 0 Å². The van der Waals surface area contributed by atoms with Gasteiger partial charge in [-0.05, 0) is 48.7 Å². The van der Waals surface area contributed by atoms with Gasteiger partial charge < -0.3 is 0 Å². The van der Waals surface area contributed by atoms with E-state index in [1.807, 2.05) is 6.20 Å². The molecule has 1 fully saturated rings. The number of hydrogen-bond donors (Lipinski definition) is 0. The van der Waals surface area contributed by atoms with Gasteiger partial charge in [0.1, 0.15) is 0 Å². The van der Waals surface area contributed by atoms with Gasteiger partial charge in [0.2, 0.25) is 0 Å². The fourth-order valence-electron chi connectivity index (χ4n) is 1.39. The molecule has 3 heteroatoms. The summed E-state index contributed by atoms with van der Waals surface area (Å²) in [6.45, 7) is 0. The lowest BCUT2D eigenvalue weighted by Gasteiger charge is -2.08. The third kappa shape index (κ3) is 1.88. The van der Waals surface area contributed by atoms with Gasteiger partial charge in [-0.25, -0.2) is 4.37 Å². The van der Waals surface area contributed by atoms with Crippen molar-refractivity contribution in [2.75, 3.05) is 5.33 Å². The summed E-state index contributed by atoms with van der Waals surface area (Å²) in [5.41, 5.74) is 0.657. The van der Waals surface area contributed by atoms with Crippen LogP contribution in [0.3, 0.4) is 0 Å². The van der Waals surface area contributed by atoms with E-state index in [0.717, 1.165) is 0 Å². The first-order valence-corrected chi connectivity index (χ1v) is 6.20. The second-order valence-electron chi connectivity index (χ2n) is 3.61. The van der Waals surface area contributed by atoms with E-state index in [2.05, 4.69) is 26.4 Å². The van der Waals surface area contributed by atoms with Crippen molar-refractivity contribution >= 4 is 27.5 Å². The fraction of sp³-hybridized carbons (Fsp3) is 0.667. The summed E-state index contributed by atoms with van der Waals surface area (Å²) < 4.78 is 4.10. The van der Waals surface area contributed by atoms with Gasteiger partial charge in [0.25, 0.3) is 0 Å². The van der Waals surface area contributed by atoms with Crippen molar-refractivity contribution in [3.63, 3.8) is 0 Å². The molecule has 1 aromatic heterocycles. The van der Waals surface area contributed by atoms with Crippen LogP contribution in [0.1, 0.15) is 24.1 Å². The Hall–Kier alpha value is 0.110. The lowest BCUT2D eigenvalue weighted by atomic mass is 10.0. The van der Waals surface area contributed by atoms with Crippen molar-refractivity contribution in [1.29, 1.82) is 0 Å². The average molecular weight is 246 g/mol. The zero-order chi connectivity index (χ0) is 8.44. The number of rotatable bonds is 4. The smallest absolute Gasteiger partial charge is 0.0409 e. The number of aryl methyl sites for hydroxylation is 1. The SMILES string of the molecule is BrCC1(CCc2ccns2)CC1. The van der Waals surface area contributed by atoms with Crippen LogP contribution in [-0.2, 0) is 6.42 Å². The van der Waals surface area contributed by atoms with Crippen molar-refractivity contribution in [3.8, 4) is 0 Å². The van der Waals surface area contributed by atoms with Crippen LogP contribution in [-0.4, -0.2) is 9.70 Å². The van der Waals surface area contributed by atoms with Crippen LogP contribution >= 0.6 is 27.5 Å². The lowest BCUT2D eigenvalue weighted by molar-refractivity contribution is 0.534. The maximum atomic E-state index is 4.10. The quantitative estimate of drug-likeness (QED) is 0.743. The van der Waals surface area contributed by atoms with E-state index in [4.69, 9.17) is 0 Å². The minimum absolute atomic E-state index is 0.657. The molecule has 1 aliphatic carbocycles. The van der Waals surface area contributed by atoms with Crippen molar-refractivity contribution in [2.45, 2.75) is 25.7 Å². The van der Waals surface area contributed by atoms with Crippen LogP contribution in [0.25, 0.3) is 0 Å². The Balaban J connectivity index is 1.83. The second-order valence-corrected chi connectivity index (χ2v) is 5.09. The first kappa shape index (κ1) is 8.70. The number of nitrogens with zero attached hydrogens (tertiary/aromatic N) is 1. The molecule has 1 aromatic rings. The highest BCUT2D eigenvalue weighted by Gasteiger charge is 2.40. The molecule has 12 heavy (non-hydrogen) atoms. The first-order valence-electron chi connectivity index (χ1n) is 4.30. The Labute approximate surface area is 85.5 Å². The monoisotopic (exact) mass is 245 g/mol. The van der Waals surface area contributed by atoms with E-state index in [-0.39, 0.29) is 0 Å². The average Bonchev–Trinajstić information content (AvgIpc) is 2.70. The van der Waals surface area contributed by atoms with Crippen LogP contribution in [0.4, 0.5) is 0 Å². The second kappa shape index (κ2) is 3.46. The molecular formula is C9H12BrNS.